The first-order valence-electron chi connectivity index (χ1n) is 21.2. The fourth-order valence-electron chi connectivity index (χ4n) is 7.43. The highest BCUT2D eigenvalue weighted by Gasteiger charge is 2.55. The van der Waals surface area contributed by atoms with Gasteiger partial charge in [-0.25, -0.2) is 32.4 Å². The zero-order valence-electron chi connectivity index (χ0n) is 34.5. The molecule has 0 spiro atoms. The first-order valence-corrected chi connectivity index (χ1v) is 23.0. The van der Waals surface area contributed by atoms with E-state index >= 15 is 0 Å². The fourth-order valence-corrected chi connectivity index (χ4v) is 8.02. The number of unbranched alkanes of at least 4 members (excludes halogenated alkanes) is 1. The van der Waals surface area contributed by atoms with Gasteiger partial charge < -0.3 is 63.6 Å². The van der Waals surface area contributed by atoms with E-state index in [9.17, 15) is 51.4 Å². The summed E-state index contributed by atoms with van der Waals surface area (Å²) in [6.45, 7) is 3.83. The molecule has 4 aliphatic rings. The number of alkyl halides is 5. The van der Waals surface area contributed by atoms with E-state index in [-0.39, 0.29) is 56.8 Å². The average Bonchev–Trinajstić information content (AvgIpc) is 3.70. The molecule has 19 nitrogen and oxygen atoms in total. The van der Waals surface area contributed by atoms with Gasteiger partial charge in [0.1, 0.15) is 18.3 Å². The van der Waals surface area contributed by atoms with Crippen molar-refractivity contribution in [3.05, 3.63) is 0 Å². The first-order chi connectivity index (χ1) is 29.6. The maximum absolute atomic E-state index is 13.8. The molecule has 25 heteroatoms. The summed E-state index contributed by atoms with van der Waals surface area (Å²) in [6, 6.07) is 0.234. The number of hydrazine groups is 2. The Morgan fingerprint density at radius 3 is 1.94 bits per heavy atom. The molecule has 0 radical (unpaired) electrons. The Morgan fingerprint density at radius 1 is 0.742 bits per heavy atom. The second-order valence-electron chi connectivity index (χ2n) is 15.9. The van der Waals surface area contributed by atoms with E-state index in [0.717, 1.165) is 25.8 Å². The molecule has 0 aromatic rings. The molecule has 0 bridgehead atoms. The van der Waals surface area contributed by atoms with Crippen LogP contribution in [0.3, 0.4) is 0 Å². The number of halogens is 5. The van der Waals surface area contributed by atoms with Gasteiger partial charge in [-0.3, -0.25) is 14.2 Å². The summed E-state index contributed by atoms with van der Waals surface area (Å²) >= 11 is 0. The van der Waals surface area contributed by atoms with Gasteiger partial charge in [-0.15, -0.1) is 0 Å². The molecule has 4 rings (SSSR count). The molecule has 1 amide bonds. The number of amides is 1. The monoisotopic (exact) mass is 930 g/mol. The molecule has 62 heavy (non-hydrogen) atoms. The van der Waals surface area contributed by atoms with Crippen molar-refractivity contribution in [3.8, 4) is 0 Å². The average molecular weight is 931 g/mol. The van der Waals surface area contributed by atoms with E-state index in [1.807, 2.05) is 5.01 Å². The van der Waals surface area contributed by atoms with Gasteiger partial charge >= 0.3 is 13.6 Å². The third-order valence-electron chi connectivity index (χ3n) is 11.1. The lowest BCUT2D eigenvalue weighted by Crippen LogP contribution is -2.59. The summed E-state index contributed by atoms with van der Waals surface area (Å²) in [6.07, 6.45) is -20.7. The zero-order chi connectivity index (χ0) is 45.2. The van der Waals surface area contributed by atoms with E-state index < -0.39 is 93.8 Å². The molecular weight excluding hydrogens is 866 g/mol. The van der Waals surface area contributed by atoms with Crippen molar-refractivity contribution in [2.75, 3.05) is 78.7 Å². The van der Waals surface area contributed by atoms with Gasteiger partial charge in [0.2, 0.25) is 5.91 Å². The van der Waals surface area contributed by atoms with Crippen LogP contribution in [-0.4, -0.2) is 200 Å². The molecule has 0 aromatic heterocycles. The smallest absolute Gasteiger partial charge is 0.325 e. The summed E-state index contributed by atoms with van der Waals surface area (Å²) in [4.78, 5) is 42.9. The molecule has 362 valence electrons. The molecule has 10 atom stereocenters. The molecule has 2 saturated carbocycles. The number of hydrogen-bond acceptors (Lipinski definition) is 16. The molecular formula is C37H64F5N4O15P. The Morgan fingerprint density at radius 2 is 1.32 bits per heavy atom. The molecule has 5 unspecified atom stereocenters. The van der Waals surface area contributed by atoms with Gasteiger partial charge in [0.25, 0.3) is 0 Å². The number of aliphatic hydroxyl groups excluding tert-OH is 3. The number of hydrogen-bond donors (Lipinski definition) is 8. The number of nitrogens with zero attached hydrogens (tertiary/aromatic N) is 1. The molecule has 2 aliphatic heterocycles. The number of aliphatic hydroxyl groups is 3. The van der Waals surface area contributed by atoms with Crippen LogP contribution in [0.5, 0.6) is 0 Å². The predicted molar refractivity (Wildman–Crippen MR) is 206 cm³/mol. The second kappa shape index (κ2) is 27.0. The quantitative estimate of drug-likeness (QED) is 0.0233. The maximum Gasteiger partial charge on any atom is 0.325 e. The van der Waals surface area contributed by atoms with E-state index in [1.165, 1.54) is 0 Å². The Kier molecular flexibility index (Phi) is 23.1. The number of esters is 1. The van der Waals surface area contributed by atoms with Crippen LogP contribution < -0.4 is 16.3 Å². The van der Waals surface area contributed by atoms with E-state index in [2.05, 4.69) is 21.0 Å². The highest BCUT2D eigenvalue weighted by Crippen LogP contribution is 2.38. The summed E-state index contributed by atoms with van der Waals surface area (Å²) < 4.78 is 117. The van der Waals surface area contributed by atoms with Crippen LogP contribution in [-0.2, 0) is 47.3 Å². The third-order valence-corrected chi connectivity index (χ3v) is 11.9. The van der Waals surface area contributed by atoms with Crippen molar-refractivity contribution >= 4 is 19.5 Å². The third kappa shape index (κ3) is 17.6. The van der Waals surface area contributed by atoms with Gasteiger partial charge in [-0.05, 0) is 44.9 Å². The fraction of sp³-hybridized carbons (Fsp3) is 0.946. The lowest BCUT2D eigenvalue weighted by atomic mass is 9.86. The Labute approximate surface area is 357 Å². The first kappa shape index (κ1) is 52.9. The highest BCUT2D eigenvalue weighted by molar-refractivity contribution is 7.51. The lowest BCUT2D eigenvalue weighted by Gasteiger charge is -2.42. The topological polar surface area (TPSA) is 256 Å². The molecule has 4 fully saturated rings. The van der Waals surface area contributed by atoms with Gasteiger partial charge in [-0.2, -0.15) is 5.53 Å². The van der Waals surface area contributed by atoms with Gasteiger partial charge in [-0.1, -0.05) is 6.42 Å². The molecule has 0 aromatic carbocycles. The van der Waals surface area contributed by atoms with E-state index in [0.29, 0.717) is 65.2 Å². The Hall–Kier alpha value is -1.74. The van der Waals surface area contributed by atoms with E-state index in [4.69, 9.17) is 38.2 Å². The molecule has 2 aliphatic carbocycles. The van der Waals surface area contributed by atoms with Crippen LogP contribution in [0.2, 0.25) is 0 Å². The number of carbonyl (C=O) groups excluding carboxylic acids is 2. The SMILES string of the molecule is O=C(CCOCCOCCOCCOCCN1CC(CCCCNC(=O)C2CCC(O[C@H]3O[C@H](CCP(=O)(O)O)[C@@H](O)[C@H](O)[C@@H]3O)CC2)NN1)OC1C(F)C(F)C(F)C(F)C1F. The predicted octanol–water partition coefficient (Wildman–Crippen LogP) is -0.0105. The largest absolute Gasteiger partial charge is 0.456 e. The molecule has 8 N–H and O–H groups in total. The Bertz CT molecular complexity index is 1350. The highest BCUT2D eigenvalue weighted by atomic mass is 31.2. The summed E-state index contributed by atoms with van der Waals surface area (Å²) in [5.74, 6) is -1.36. The van der Waals surface area contributed by atoms with Gasteiger partial charge in [0.05, 0.1) is 77.6 Å². The van der Waals surface area contributed by atoms with Gasteiger partial charge in [0.15, 0.2) is 43.3 Å². The van der Waals surface area contributed by atoms with Crippen LogP contribution in [0, 0.1) is 5.92 Å². The minimum absolute atomic E-state index is 0.0308. The van der Waals surface area contributed by atoms with Crippen molar-refractivity contribution < 1.29 is 94.4 Å². The summed E-state index contributed by atoms with van der Waals surface area (Å²) in [5.41, 5.74) is 6.38. The van der Waals surface area contributed by atoms with Crippen molar-refractivity contribution in [2.45, 2.75) is 138 Å². The standard InChI is InChI=1S/C37H64F5N4O15P/c38-27-28(39)30(41)35(31(42)29(27)40)61-26(47)8-12-55-14-16-57-18-19-58-17-15-56-13-11-46-21-23(44-45-46)3-1-2-10-43-36(51)22-4-6-24(7-5-22)59-37-34(50)33(49)32(48)25(60-37)9-20-62(52,53)54/h22-25,27-35,37,44-45,48-50H,1-21H2,(H,43,51)(H2,52,53,54)/t22?,23?,24?,25-,27?,28?,29?,30?,31?,32-,33+,34+,35?,37+/m1/s1. The van der Waals surface area contributed by atoms with Crippen molar-refractivity contribution in [1.82, 2.24) is 21.3 Å². The second-order valence-corrected chi connectivity index (χ2v) is 17.6. The van der Waals surface area contributed by atoms with Crippen LogP contribution in [0.1, 0.15) is 57.8 Å². The van der Waals surface area contributed by atoms with Gasteiger partial charge in [0, 0.05) is 31.6 Å². The summed E-state index contributed by atoms with van der Waals surface area (Å²) in [7, 11) is -4.36. The normalized spacial score (nSPS) is 34.6. The summed E-state index contributed by atoms with van der Waals surface area (Å²) in [5, 5.41) is 35.8. The number of carbonyl (C=O) groups is 2. The van der Waals surface area contributed by atoms with Crippen LogP contribution >= 0.6 is 7.60 Å². The van der Waals surface area contributed by atoms with Crippen LogP contribution in [0.4, 0.5) is 22.0 Å². The zero-order valence-corrected chi connectivity index (χ0v) is 35.4. The van der Waals surface area contributed by atoms with Crippen molar-refractivity contribution in [3.63, 3.8) is 0 Å². The number of nitrogens with one attached hydrogen (secondary N) is 3. The lowest BCUT2D eigenvalue weighted by molar-refractivity contribution is -0.309. The number of rotatable bonds is 27. The minimum atomic E-state index is -4.36. The van der Waals surface area contributed by atoms with Crippen molar-refractivity contribution in [2.24, 2.45) is 5.92 Å². The maximum atomic E-state index is 13.8. The minimum Gasteiger partial charge on any atom is -0.456 e. The number of ether oxygens (including phenoxy) is 7. The van der Waals surface area contributed by atoms with Crippen LogP contribution in [0.25, 0.3) is 0 Å². The van der Waals surface area contributed by atoms with E-state index in [1.54, 1.807) is 0 Å². The van der Waals surface area contributed by atoms with Crippen molar-refractivity contribution in [1.29, 1.82) is 0 Å². The molecule has 2 heterocycles. The Balaban J connectivity index is 0.907. The molecule has 2 saturated heterocycles. The van der Waals surface area contributed by atoms with Crippen LogP contribution in [0.15, 0.2) is 0 Å².